The molecule has 0 fully saturated rings. The van der Waals surface area contributed by atoms with E-state index in [1.54, 1.807) is 0 Å². The van der Waals surface area contributed by atoms with Gasteiger partial charge in [0.05, 0.1) is 11.5 Å². The molecule has 0 spiro atoms. The van der Waals surface area contributed by atoms with Crippen molar-refractivity contribution in [2.45, 2.75) is 56.2 Å². The molecule has 0 heterocycles. The lowest BCUT2D eigenvalue weighted by atomic mass is 10.1. The number of carbonyl (C=O) groups is 3. The highest BCUT2D eigenvalue weighted by Crippen LogP contribution is 2.13. The second-order valence-electron chi connectivity index (χ2n) is 11.2. The van der Waals surface area contributed by atoms with Gasteiger partial charge in [-0.3, -0.25) is 14.4 Å². The number of nitrogens with one attached hydrogen (secondary N) is 2. The second-order valence-corrected chi connectivity index (χ2v) is 14.0. The molecular formula is C34H54N4O4S4. The molecule has 0 aromatic heterocycles. The molecule has 258 valence electrons. The van der Waals surface area contributed by atoms with Gasteiger partial charge in [0, 0.05) is 67.7 Å². The van der Waals surface area contributed by atoms with Crippen LogP contribution in [-0.2, 0) is 25.9 Å². The van der Waals surface area contributed by atoms with Crippen LogP contribution in [0.2, 0.25) is 0 Å². The van der Waals surface area contributed by atoms with Gasteiger partial charge in [-0.2, -0.15) is 48.8 Å². The Morgan fingerprint density at radius 1 is 0.739 bits per heavy atom. The van der Waals surface area contributed by atoms with Crippen LogP contribution >= 0.6 is 48.8 Å². The SMILES string of the molecule is CCCC(CN(C)CCSCc1ccccc1)NC(=O)CS.CN(CCSCc1ccccc1)CC(CCC(=O)O)NC(=O)CS. The van der Waals surface area contributed by atoms with Gasteiger partial charge in [-0.25, -0.2) is 0 Å². The lowest BCUT2D eigenvalue weighted by molar-refractivity contribution is -0.137. The fourth-order valence-electron chi connectivity index (χ4n) is 4.52. The molecule has 0 aliphatic heterocycles. The quantitative estimate of drug-likeness (QED) is 0.0794. The van der Waals surface area contributed by atoms with Crippen LogP contribution < -0.4 is 10.6 Å². The zero-order valence-electron chi connectivity index (χ0n) is 27.6. The first kappa shape index (κ1) is 42.2. The van der Waals surface area contributed by atoms with Crippen molar-refractivity contribution in [3.05, 3.63) is 71.8 Å². The fraction of sp³-hybridized carbons (Fsp3) is 0.559. The van der Waals surface area contributed by atoms with E-state index in [9.17, 15) is 14.4 Å². The summed E-state index contributed by atoms with van der Waals surface area (Å²) in [6, 6.07) is 21.0. The number of carbonyl (C=O) groups excluding carboxylic acids is 2. The lowest BCUT2D eigenvalue weighted by Crippen LogP contribution is -2.44. The van der Waals surface area contributed by atoms with Crippen LogP contribution in [-0.4, -0.2) is 108 Å². The lowest BCUT2D eigenvalue weighted by Gasteiger charge is -2.24. The summed E-state index contributed by atoms with van der Waals surface area (Å²) in [5.41, 5.74) is 2.69. The highest BCUT2D eigenvalue weighted by Gasteiger charge is 2.16. The average molecular weight is 711 g/mol. The van der Waals surface area contributed by atoms with Gasteiger partial charge >= 0.3 is 5.97 Å². The van der Waals surface area contributed by atoms with Crippen molar-refractivity contribution in [3.63, 3.8) is 0 Å². The Labute approximate surface area is 296 Å². The van der Waals surface area contributed by atoms with Gasteiger partial charge in [0.1, 0.15) is 0 Å². The number of likely N-dealkylation sites (N-methyl/N-ethyl adjacent to an activating group) is 2. The first-order valence-corrected chi connectivity index (χ1v) is 19.4. The van der Waals surface area contributed by atoms with E-state index in [0.29, 0.717) is 13.0 Å². The molecule has 3 N–H and O–H groups in total. The normalized spacial score (nSPS) is 12.2. The number of nitrogens with zero attached hydrogens (tertiary/aromatic N) is 2. The molecule has 0 saturated carbocycles. The van der Waals surface area contributed by atoms with E-state index >= 15 is 0 Å². The smallest absolute Gasteiger partial charge is 0.303 e. The van der Waals surface area contributed by atoms with Crippen molar-refractivity contribution in [3.8, 4) is 0 Å². The molecular weight excluding hydrogens is 657 g/mol. The number of carboxylic acid groups (broad SMARTS) is 1. The summed E-state index contributed by atoms with van der Waals surface area (Å²) in [4.78, 5) is 38.2. The van der Waals surface area contributed by atoms with Crippen LogP contribution in [0.3, 0.4) is 0 Å². The summed E-state index contributed by atoms with van der Waals surface area (Å²) in [6.45, 7) is 5.61. The molecule has 0 aliphatic carbocycles. The number of hydrogen-bond acceptors (Lipinski definition) is 9. The first-order valence-electron chi connectivity index (χ1n) is 15.8. The number of aliphatic carboxylic acids is 1. The molecule has 2 unspecified atom stereocenters. The second kappa shape index (κ2) is 27.2. The summed E-state index contributed by atoms with van der Waals surface area (Å²) in [6.07, 6.45) is 2.57. The van der Waals surface area contributed by atoms with Gasteiger partial charge in [-0.15, -0.1) is 0 Å². The molecule has 2 atom stereocenters. The molecule has 2 amide bonds. The van der Waals surface area contributed by atoms with E-state index in [0.717, 1.165) is 55.5 Å². The zero-order chi connectivity index (χ0) is 34.0. The summed E-state index contributed by atoms with van der Waals surface area (Å²) < 4.78 is 0. The van der Waals surface area contributed by atoms with Crippen LogP contribution in [0.1, 0.15) is 43.7 Å². The molecule has 0 radical (unpaired) electrons. The predicted molar refractivity (Wildman–Crippen MR) is 204 cm³/mol. The van der Waals surface area contributed by atoms with Gasteiger partial charge in [0.25, 0.3) is 0 Å². The topological polar surface area (TPSA) is 102 Å². The van der Waals surface area contributed by atoms with Crippen LogP contribution in [0.5, 0.6) is 0 Å². The predicted octanol–water partition coefficient (Wildman–Crippen LogP) is 5.20. The van der Waals surface area contributed by atoms with Gasteiger partial charge < -0.3 is 25.5 Å². The number of amides is 2. The molecule has 0 bridgehead atoms. The number of carboxylic acids is 1. The molecule has 8 nitrogen and oxygen atoms in total. The molecule has 2 rings (SSSR count). The number of thioether (sulfide) groups is 2. The number of thiol groups is 2. The number of benzene rings is 2. The third-order valence-corrected chi connectivity index (χ3v) is 9.47. The minimum Gasteiger partial charge on any atom is -0.481 e. The van der Waals surface area contributed by atoms with Crippen molar-refractivity contribution in [1.82, 2.24) is 20.4 Å². The highest BCUT2D eigenvalue weighted by atomic mass is 32.2. The first-order chi connectivity index (χ1) is 22.2. The van der Waals surface area contributed by atoms with Crippen LogP contribution in [0.15, 0.2) is 60.7 Å². The maximum absolute atomic E-state index is 11.5. The molecule has 0 saturated heterocycles. The molecule has 0 aliphatic rings. The van der Waals surface area contributed by atoms with E-state index in [1.807, 2.05) is 48.8 Å². The van der Waals surface area contributed by atoms with Crippen LogP contribution in [0, 0.1) is 0 Å². The Morgan fingerprint density at radius 2 is 1.15 bits per heavy atom. The standard InChI is InChI=1S/C17H26N2O3S2.C17H28N2OS2/c1-19(9-10-24-13-14-5-3-2-4-6-14)11-15(7-8-17(21)22)18-16(20)12-23;1-3-7-16(18-17(20)13-21)12-19(2)10-11-22-14-15-8-5-4-6-9-15/h2-6,15,23H,7-13H2,1H3,(H,18,20)(H,21,22);4-6,8-9,16,21H,3,7,10-14H2,1-2H3,(H,18,20). The Kier molecular flexibility index (Phi) is 24.9. The third kappa shape index (κ3) is 22.7. The molecule has 12 heteroatoms. The largest absolute Gasteiger partial charge is 0.481 e. The zero-order valence-corrected chi connectivity index (χ0v) is 31.0. The maximum atomic E-state index is 11.5. The van der Waals surface area contributed by atoms with Crippen molar-refractivity contribution in [1.29, 1.82) is 0 Å². The summed E-state index contributed by atoms with van der Waals surface area (Å²) in [5.74, 6) is 3.51. The van der Waals surface area contributed by atoms with Gasteiger partial charge in [-0.1, -0.05) is 74.0 Å². The average Bonchev–Trinajstić information content (AvgIpc) is 3.05. The molecule has 2 aromatic rings. The van der Waals surface area contributed by atoms with Crippen LogP contribution in [0.25, 0.3) is 0 Å². The Morgan fingerprint density at radius 3 is 1.52 bits per heavy atom. The fourth-order valence-corrected chi connectivity index (χ4v) is 6.72. The minimum atomic E-state index is -0.846. The summed E-state index contributed by atoms with van der Waals surface area (Å²) in [7, 11) is 4.11. The van der Waals surface area contributed by atoms with Gasteiger partial charge in [0.15, 0.2) is 0 Å². The van der Waals surface area contributed by atoms with Gasteiger partial charge in [-0.05, 0) is 38.1 Å². The maximum Gasteiger partial charge on any atom is 0.303 e. The van der Waals surface area contributed by atoms with E-state index in [1.165, 1.54) is 11.1 Å². The molecule has 46 heavy (non-hydrogen) atoms. The van der Waals surface area contributed by atoms with E-state index < -0.39 is 5.97 Å². The molecule has 2 aromatic carbocycles. The number of rotatable bonds is 23. The summed E-state index contributed by atoms with van der Waals surface area (Å²) >= 11 is 11.8. The highest BCUT2D eigenvalue weighted by molar-refractivity contribution is 7.98. The van der Waals surface area contributed by atoms with Crippen molar-refractivity contribution in [2.75, 3.05) is 63.3 Å². The van der Waals surface area contributed by atoms with Crippen molar-refractivity contribution >= 4 is 66.6 Å². The Balaban J connectivity index is 0.000000462. The Bertz CT molecular complexity index is 1090. The minimum absolute atomic E-state index is 0.0219. The summed E-state index contributed by atoms with van der Waals surface area (Å²) in [5, 5.41) is 14.7. The van der Waals surface area contributed by atoms with E-state index in [2.05, 4.69) is 102 Å². The third-order valence-electron chi connectivity index (χ3n) is 6.88. The van der Waals surface area contributed by atoms with E-state index in [4.69, 9.17) is 5.11 Å². The number of hydrogen-bond donors (Lipinski definition) is 5. The van der Waals surface area contributed by atoms with Crippen molar-refractivity contribution < 1.29 is 19.5 Å². The monoisotopic (exact) mass is 710 g/mol. The van der Waals surface area contributed by atoms with Crippen molar-refractivity contribution in [2.24, 2.45) is 0 Å². The Hall–Kier alpha value is -1.83. The van der Waals surface area contributed by atoms with Crippen LogP contribution in [0.4, 0.5) is 0 Å². The van der Waals surface area contributed by atoms with E-state index in [-0.39, 0.29) is 41.8 Å². The van der Waals surface area contributed by atoms with Gasteiger partial charge in [0.2, 0.25) is 11.8 Å².